The Hall–Kier alpha value is -3.98. The fourth-order valence-electron chi connectivity index (χ4n) is 6.09. The van der Waals surface area contributed by atoms with Crippen LogP contribution in [0.3, 0.4) is 0 Å². The molecule has 2 aliphatic heterocycles. The van der Waals surface area contributed by atoms with E-state index in [1.807, 2.05) is 24.3 Å². The normalized spacial score (nSPS) is 17.0. The molecule has 2 aliphatic rings. The number of piperidine rings is 2. The molecule has 9 heteroatoms. The number of esters is 1. The molecule has 0 radical (unpaired) electrons. The SMILES string of the molecule is COC(=O)c1c(F)cccc1-c1ccc([C@H](C)NC(=O)Nc2ccc(N3CCC(N4CCCCC4)CC3)cc2)c(F)c1. The van der Waals surface area contributed by atoms with Crippen molar-refractivity contribution >= 4 is 23.4 Å². The Labute approximate surface area is 245 Å². The summed E-state index contributed by atoms with van der Waals surface area (Å²) in [7, 11) is 1.16. The maximum atomic E-state index is 15.1. The molecule has 0 aromatic heterocycles. The van der Waals surface area contributed by atoms with Gasteiger partial charge in [-0.2, -0.15) is 0 Å². The molecule has 0 saturated carbocycles. The van der Waals surface area contributed by atoms with Gasteiger partial charge in [-0.15, -0.1) is 0 Å². The Bertz CT molecular complexity index is 1400. The van der Waals surface area contributed by atoms with E-state index < -0.39 is 29.7 Å². The van der Waals surface area contributed by atoms with Crippen molar-refractivity contribution in [1.29, 1.82) is 0 Å². The van der Waals surface area contributed by atoms with E-state index in [1.54, 1.807) is 13.0 Å². The van der Waals surface area contributed by atoms with Crippen LogP contribution in [0.2, 0.25) is 0 Å². The van der Waals surface area contributed by atoms with Gasteiger partial charge in [0.2, 0.25) is 0 Å². The summed E-state index contributed by atoms with van der Waals surface area (Å²) in [6, 6.07) is 15.8. The van der Waals surface area contributed by atoms with Crippen molar-refractivity contribution in [1.82, 2.24) is 10.2 Å². The zero-order valence-corrected chi connectivity index (χ0v) is 24.2. The highest BCUT2D eigenvalue weighted by atomic mass is 19.1. The Morgan fingerprint density at radius 2 is 1.62 bits per heavy atom. The second-order valence-corrected chi connectivity index (χ2v) is 11.1. The second kappa shape index (κ2) is 13.3. The molecule has 0 bridgehead atoms. The molecule has 2 amide bonds. The lowest BCUT2D eigenvalue weighted by Gasteiger charge is -2.41. The zero-order chi connectivity index (χ0) is 29.6. The summed E-state index contributed by atoms with van der Waals surface area (Å²) in [5, 5.41) is 5.59. The number of amides is 2. The van der Waals surface area contributed by atoms with Gasteiger partial charge in [-0.3, -0.25) is 0 Å². The van der Waals surface area contributed by atoms with Crippen molar-refractivity contribution in [2.45, 2.75) is 51.1 Å². The first-order chi connectivity index (χ1) is 20.3. The van der Waals surface area contributed by atoms with Crippen LogP contribution in [0, 0.1) is 11.6 Å². The van der Waals surface area contributed by atoms with E-state index in [-0.39, 0.29) is 16.7 Å². The van der Waals surface area contributed by atoms with E-state index in [9.17, 15) is 14.0 Å². The lowest BCUT2D eigenvalue weighted by molar-refractivity contribution is 0.0596. The highest BCUT2D eigenvalue weighted by molar-refractivity contribution is 5.97. The van der Waals surface area contributed by atoms with Crippen LogP contribution in [-0.4, -0.2) is 56.2 Å². The number of likely N-dealkylation sites (tertiary alicyclic amines) is 1. The van der Waals surface area contributed by atoms with Gasteiger partial charge in [0.15, 0.2) is 0 Å². The molecule has 42 heavy (non-hydrogen) atoms. The number of ether oxygens (including phenoxy) is 1. The minimum atomic E-state index is -0.843. The number of carbonyl (C=O) groups is 2. The summed E-state index contributed by atoms with van der Waals surface area (Å²) < 4.78 is 34.2. The predicted molar refractivity (Wildman–Crippen MR) is 161 cm³/mol. The molecule has 0 spiro atoms. The summed E-state index contributed by atoms with van der Waals surface area (Å²) in [5.41, 5.74) is 2.33. The summed E-state index contributed by atoms with van der Waals surface area (Å²) >= 11 is 0. The van der Waals surface area contributed by atoms with E-state index in [1.165, 1.54) is 69.5 Å². The molecule has 0 unspecified atom stereocenters. The number of rotatable bonds is 7. The van der Waals surface area contributed by atoms with E-state index in [0.717, 1.165) is 32.0 Å². The van der Waals surface area contributed by atoms with Gasteiger partial charge in [-0.25, -0.2) is 18.4 Å². The minimum Gasteiger partial charge on any atom is -0.465 e. The summed E-state index contributed by atoms with van der Waals surface area (Å²) in [5.74, 6) is -2.18. The number of benzene rings is 3. The van der Waals surface area contributed by atoms with Gasteiger partial charge < -0.3 is 25.2 Å². The average Bonchev–Trinajstić information content (AvgIpc) is 3.01. The van der Waals surface area contributed by atoms with Crippen molar-refractivity contribution in [3.8, 4) is 11.1 Å². The van der Waals surface area contributed by atoms with E-state index >= 15 is 4.39 Å². The molecule has 5 rings (SSSR count). The molecule has 222 valence electrons. The highest BCUT2D eigenvalue weighted by Gasteiger charge is 2.26. The predicted octanol–water partition coefficient (Wildman–Crippen LogP) is 6.76. The lowest BCUT2D eigenvalue weighted by Crippen LogP contribution is -2.46. The molecule has 3 aromatic rings. The number of nitrogens with one attached hydrogen (secondary N) is 2. The van der Waals surface area contributed by atoms with Gasteiger partial charge >= 0.3 is 12.0 Å². The van der Waals surface area contributed by atoms with Gasteiger partial charge in [0.1, 0.15) is 17.2 Å². The number of anilines is 2. The summed E-state index contributed by atoms with van der Waals surface area (Å²) in [6.45, 7) is 6.20. The maximum absolute atomic E-state index is 15.1. The largest absolute Gasteiger partial charge is 0.465 e. The third-order valence-electron chi connectivity index (χ3n) is 8.39. The Kier molecular flexibility index (Phi) is 9.37. The standard InChI is InChI=1S/C33H38F2N4O3/c1-22(27-14-9-23(21-30(27)35)28-7-6-8-29(34)31(28)32(40)42-2)36-33(41)37-24-10-12-25(13-11-24)39-19-15-26(16-20-39)38-17-4-3-5-18-38/h6-14,21-22,26H,3-5,15-20H2,1-2H3,(H2,36,37,41)/t22-/m0/s1. The third kappa shape index (κ3) is 6.73. The molecule has 0 aliphatic carbocycles. The van der Waals surface area contributed by atoms with Crippen molar-refractivity contribution in [2.75, 3.05) is 43.5 Å². The van der Waals surface area contributed by atoms with Crippen molar-refractivity contribution < 1.29 is 23.1 Å². The highest BCUT2D eigenvalue weighted by Crippen LogP contribution is 2.30. The number of carbonyl (C=O) groups excluding carboxylic acids is 2. The maximum Gasteiger partial charge on any atom is 0.341 e. The van der Waals surface area contributed by atoms with E-state index in [4.69, 9.17) is 4.74 Å². The van der Waals surface area contributed by atoms with Crippen LogP contribution >= 0.6 is 0 Å². The molecule has 2 heterocycles. The lowest BCUT2D eigenvalue weighted by atomic mass is 9.96. The summed E-state index contributed by atoms with van der Waals surface area (Å²) in [6.07, 6.45) is 6.34. The molecule has 2 saturated heterocycles. The number of hydrogen-bond donors (Lipinski definition) is 2. The van der Waals surface area contributed by atoms with Gasteiger partial charge in [-0.05, 0) is 93.2 Å². The molecular formula is C33H38F2N4O3. The van der Waals surface area contributed by atoms with Crippen LogP contribution in [0.1, 0.15) is 61.0 Å². The Morgan fingerprint density at radius 1 is 0.905 bits per heavy atom. The minimum absolute atomic E-state index is 0.223. The molecule has 7 nitrogen and oxygen atoms in total. The fraction of sp³-hybridized carbons (Fsp3) is 0.394. The number of urea groups is 1. The van der Waals surface area contributed by atoms with Gasteiger partial charge in [0, 0.05) is 36.1 Å². The van der Waals surface area contributed by atoms with Gasteiger partial charge in [0.25, 0.3) is 0 Å². The zero-order valence-electron chi connectivity index (χ0n) is 24.2. The van der Waals surface area contributed by atoms with Crippen LogP contribution in [0.4, 0.5) is 25.0 Å². The second-order valence-electron chi connectivity index (χ2n) is 11.1. The van der Waals surface area contributed by atoms with E-state index in [2.05, 4.69) is 20.4 Å². The smallest absolute Gasteiger partial charge is 0.341 e. The van der Waals surface area contributed by atoms with Gasteiger partial charge in [-0.1, -0.05) is 30.7 Å². The summed E-state index contributed by atoms with van der Waals surface area (Å²) in [4.78, 5) is 29.9. The van der Waals surface area contributed by atoms with Crippen LogP contribution in [0.15, 0.2) is 60.7 Å². The molecule has 3 aromatic carbocycles. The van der Waals surface area contributed by atoms with Crippen LogP contribution in [0.25, 0.3) is 11.1 Å². The third-order valence-corrected chi connectivity index (χ3v) is 8.39. The van der Waals surface area contributed by atoms with Gasteiger partial charge in [0.05, 0.1) is 13.2 Å². The Balaban J connectivity index is 1.16. The van der Waals surface area contributed by atoms with Crippen LogP contribution in [0.5, 0.6) is 0 Å². The number of hydrogen-bond acceptors (Lipinski definition) is 5. The molecule has 1 atom stereocenters. The molecule has 2 N–H and O–H groups in total. The first-order valence-electron chi connectivity index (χ1n) is 14.7. The first kappa shape index (κ1) is 29.5. The van der Waals surface area contributed by atoms with E-state index in [0.29, 0.717) is 17.3 Å². The van der Waals surface area contributed by atoms with Crippen molar-refractivity contribution in [3.05, 3.63) is 83.4 Å². The van der Waals surface area contributed by atoms with Crippen LogP contribution < -0.4 is 15.5 Å². The van der Waals surface area contributed by atoms with Crippen LogP contribution in [-0.2, 0) is 4.74 Å². The quantitative estimate of drug-likeness (QED) is 0.304. The number of halogens is 2. The number of nitrogens with zero attached hydrogens (tertiary/aromatic N) is 2. The molecule has 2 fully saturated rings. The monoisotopic (exact) mass is 576 g/mol. The number of methoxy groups -OCH3 is 1. The fourth-order valence-corrected chi connectivity index (χ4v) is 6.09. The first-order valence-corrected chi connectivity index (χ1v) is 14.7. The molecular weight excluding hydrogens is 538 g/mol. The van der Waals surface area contributed by atoms with Crippen molar-refractivity contribution in [2.24, 2.45) is 0 Å². The topological polar surface area (TPSA) is 73.9 Å². The average molecular weight is 577 g/mol. The Morgan fingerprint density at radius 3 is 2.29 bits per heavy atom. The van der Waals surface area contributed by atoms with Crippen molar-refractivity contribution in [3.63, 3.8) is 0 Å².